The number of nitrogens with one attached hydrogen (secondary N) is 1. The molecule has 1 atom stereocenters. The molecule has 1 fully saturated rings. The summed E-state index contributed by atoms with van der Waals surface area (Å²) in [6.45, 7) is 6.67. The lowest BCUT2D eigenvalue weighted by molar-refractivity contribution is -0.119. The molecule has 1 aliphatic rings. The van der Waals surface area contributed by atoms with Crippen LogP contribution in [-0.2, 0) is 14.8 Å². The van der Waals surface area contributed by atoms with E-state index in [-0.39, 0.29) is 34.4 Å². The highest BCUT2D eigenvalue weighted by Crippen LogP contribution is 2.31. The molecule has 7 nitrogen and oxygen atoms in total. The van der Waals surface area contributed by atoms with Crippen LogP contribution in [-0.4, -0.2) is 44.9 Å². The summed E-state index contributed by atoms with van der Waals surface area (Å²) in [5.41, 5.74) is 6.01. The first-order valence-electron chi connectivity index (χ1n) is 8.32. The highest BCUT2D eigenvalue weighted by atomic mass is 35.5. The highest BCUT2D eigenvalue weighted by molar-refractivity contribution is 7.89. The van der Waals surface area contributed by atoms with Crippen molar-refractivity contribution < 1.29 is 17.9 Å². The van der Waals surface area contributed by atoms with E-state index in [2.05, 4.69) is 5.32 Å². The van der Waals surface area contributed by atoms with Gasteiger partial charge in [-0.1, -0.05) is 20.8 Å². The molecule has 1 saturated heterocycles. The number of sulfonamides is 1. The van der Waals surface area contributed by atoms with Gasteiger partial charge in [-0.2, -0.15) is 4.31 Å². The van der Waals surface area contributed by atoms with Crippen LogP contribution in [0.15, 0.2) is 23.1 Å². The van der Waals surface area contributed by atoms with E-state index in [9.17, 15) is 13.2 Å². The summed E-state index contributed by atoms with van der Waals surface area (Å²) in [6.07, 6.45) is 1.72. The van der Waals surface area contributed by atoms with Crippen LogP contribution in [0.25, 0.3) is 0 Å². The maximum Gasteiger partial charge on any atom is 0.246 e. The topological polar surface area (TPSA) is 102 Å². The van der Waals surface area contributed by atoms with Gasteiger partial charge < -0.3 is 15.8 Å². The largest absolute Gasteiger partial charge is 0.495 e. The smallest absolute Gasteiger partial charge is 0.246 e. The van der Waals surface area contributed by atoms with Crippen LogP contribution >= 0.6 is 12.4 Å². The molecule has 1 aromatic carbocycles. The molecule has 1 aliphatic heterocycles. The monoisotopic (exact) mass is 405 g/mol. The van der Waals surface area contributed by atoms with Crippen molar-refractivity contribution in [2.24, 2.45) is 11.1 Å². The number of halogens is 1. The SMILES string of the molecule is COc1cc(NC(=O)[C@@H](N)C(C)(C)C)ccc1S(=O)(=O)N1CCCC1.Cl. The molecule has 0 saturated carbocycles. The number of nitrogens with two attached hydrogens (primary N) is 1. The summed E-state index contributed by atoms with van der Waals surface area (Å²) in [4.78, 5) is 12.4. The minimum absolute atomic E-state index is 0. The molecule has 0 spiro atoms. The van der Waals surface area contributed by atoms with Crippen molar-refractivity contribution in [1.82, 2.24) is 4.31 Å². The van der Waals surface area contributed by atoms with Gasteiger partial charge in [-0.15, -0.1) is 12.4 Å². The van der Waals surface area contributed by atoms with Crippen molar-refractivity contribution in [3.8, 4) is 5.75 Å². The fourth-order valence-electron chi connectivity index (χ4n) is 2.64. The van der Waals surface area contributed by atoms with Gasteiger partial charge >= 0.3 is 0 Å². The summed E-state index contributed by atoms with van der Waals surface area (Å²) in [7, 11) is -2.19. The number of hydrogen-bond acceptors (Lipinski definition) is 5. The Morgan fingerprint density at radius 1 is 1.27 bits per heavy atom. The highest BCUT2D eigenvalue weighted by Gasteiger charge is 2.31. The van der Waals surface area contributed by atoms with Crippen LogP contribution in [0.3, 0.4) is 0 Å². The number of amides is 1. The van der Waals surface area contributed by atoms with Crippen molar-refractivity contribution >= 4 is 34.0 Å². The second-order valence-corrected chi connectivity index (χ2v) is 9.22. The number of rotatable bonds is 5. The molecule has 2 rings (SSSR count). The lowest BCUT2D eigenvalue weighted by Gasteiger charge is -2.26. The second kappa shape index (κ2) is 8.56. The quantitative estimate of drug-likeness (QED) is 0.781. The summed E-state index contributed by atoms with van der Waals surface area (Å²) < 4.78 is 32.2. The number of nitrogens with zero attached hydrogens (tertiary/aromatic N) is 1. The van der Waals surface area contributed by atoms with E-state index in [0.29, 0.717) is 18.8 Å². The lowest BCUT2D eigenvalue weighted by Crippen LogP contribution is -2.45. The molecule has 0 bridgehead atoms. The number of ether oxygens (including phenoxy) is 1. The molecule has 1 heterocycles. The van der Waals surface area contributed by atoms with E-state index >= 15 is 0 Å². The molecule has 0 radical (unpaired) electrons. The number of hydrogen-bond donors (Lipinski definition) is 2. The summed E-state index contributed by atoms with van der Waals surface area (Å²) >= 11 is 0. The van der Waals surface area contributed by atoms with Gasteiger partial charge in [0.2, 0.25) is 15.9 Å². The average Bonchev–Trinajstić information content (AvgIpc) is 3.08. The molecular weight excluding hydrogens is 378 g/mol. The Hall–Kier alpha value is -1.35. The van der Waals surface area contributed by atoms with E-state index in [1.54, 1.807) is 6.07 Å². The predicted octanol–water partition coefficient (Wildman–Crippen LogP) is 2.21. The first-order valence-corrected chi connectivity index (χ1v) is 9.76. The third-order valence-electron chi connectivity index (χ3n) is 4.33. The number of anilines is 1. The molecule has 0 aliphatic carbocycles. The molecule has 1 aromatic rings. The van der Waals surface area contributed by atoms with Gasteiger partial charge in [0, 0.05) is 24.8 Å². The van der Waals surface area contributed by atoms with Gasteiger partial charge in [0.25, 0.3) is 0 Å². The van der Waals surface area contributed by atoms with E-state index in [0.717, 1.165) is 12.8 Å². The average molecular weight is 406 g/mol. The molecule has 1 amide bonds. The predicted molar refractivity (Wildman–Crippen MR) is 104 cm³/mol. The van der Waals surface area contributed by atoms with Crippen molar-refractivity contribution in [3.63, 3.8) is 0 Å². The maximum atomic E-state index is 12.7. The molecule has 3 N–H and O–H groups in total. The number of carbonyl (C=O) groups excluding carboxylic acids is 1. The van der Waals surface area contributed by atoms with Crippen LogP contribution in [0.1, 0.15) is 33.6 Å². The van der Waals surface area contributed by atoms with Crippen molar-refractivity contribution in [1.29, 1.82) is 0 Å². The van der Waals surface area contributed by atoms with Crippen LogP contribution in [0.2, 0.25) is 0 Å². The second-order valence-electron chi connectivity index (χ2n) is 7.31. The Bertz CT molecular complexity index is 741. The van der Waals surface area contributed by atoms with Crippen LogP contribution in [0, 0.1) is 5.41 Å². The number of benzene rings is 1. The molecule has 0 aromatic heterocycles. The minimum Gasteiger partial charge on any atom is -0.495 e. The van der Waals surface area contributed by atoms with Gasteiger partial charge in [-0.05, 0) is 30.4 Å². The van der Waals surface area contributed by atoms with Crippen LogP contribution < -0.4 is 15.8 Å². The van der Waals surface area contributed by atoms with E-state index in [4.69, 9.17) is 10.5 Å². The summed E-state index contributed by atoms with van der Waals surface area (Å²) in [5.74, 6) is -0.126. The maximum absolute atomic E-state index is 12.7. The zero-order valence-electron chi connectivity index (χ0n) is 15.6. The normalized spacial score (nSPS) is 16.7. The molecule has 148 valence electrons. The van der Waals surface area contributed by atoms with Crippen molar-refractivity contribution in [3.05, 3.63) is 18.2 Å². The Morgan fingerprint density at radius 3 is 2.35 bits per heavy atom. The Labute approximate surface area is 161 Å². The molecule has 9 heteroatoms. The van der Waals surface area contributed by atoms with E-state index < -0.39 is 16.1 Å². The Morgan fingerprint density at radius 2 is 1.85 bits per heavy atom. The number of methoxy groups -OCH3 is 1. The standard InChI is InChI=1S/C17H27N3O4S.ClH/c1-17(2,3)15(18)16(21)19-12-7-8-14(13(11-12)24-4)25(22,23)20-9-5-6-10-20;/h7-8,11,15H,5-6,9-10,18H2,1-4H3,(H,19,21);1H/t15-;/m1./s1. The van der Waals surface area contributed by atoms with Crippen molar-refractivity contribution in [2.75, 3.05) is 25.5 Å². The zero-order valence-corrected chi connectivity index (χ0v) is 17.2. The fraction of sp³-hybridized carbons (Fsp3) is 0.588. The molecule has 26 heavy (non-hydrogen) atoms. The third-order valence-corrected chi connectivity index (χ3v) is 6.27. The number of carbonyl (C=O) groups is 1. The van der Waals surface area contributed by atoms with Crippen LogP contribution in [0.4, 0.5) is 5.69 Å². The summed E-state index contributed by atoms with van der Waals surface area (Å²) in [5, 5.41) is 2.72. The van der Waals surface area contributed by atoms with Gasteiger partial charge in [0.15, 0.2) is 0 Å². The van der Waals surface area contributed by atoms with Gasteiger partial charge in [-0.25, -0.2) is 8.42 Å². The van der Waals surface area contributed by atoms with Crippen molar-refractivity contribution in [2.45, 2.75) is 44.6 Å². The van der Waals surface area contributed by atoms with Gasteiger partial charge in [0.05, 0.1) is 13.2 Å². The molecule has 0 unspecified atom stereocenters. The first kappa shape index (κ1) is 22.7. The fourth-order valence-corrected chi connectivity index (χ4v) is 4.29. The summed E-state index contributed by atoms with van der Waals surface area (Å²) in [6, 6.07) is 3.84. The Kier molecular flexibility index (Phi) is 7.47. The Balaban J connectivity index is 0.00000338. The van der Waals surface area contributed by atoms with Gasteiger partial charge in [0.1, 0.15) is 10.6 Å². The minimum atomic E-state index is -3.60. The van der Waals surface area contributed by atoms with Gasteiger partial charge in [-0.3, -0.25) is 4.79 Å². The van der Waals surface area contributed by atoms with E-state index in [1.807, 2.05) is 20.8 Å². The van der Waals surface area contributed by atoms with E-state index in [1.165, 1.54) is 23.5 Å². The zero-order chi connectivity index (χ0) is 18.8. The van der Waals surface area contributed by atoms with Crippen LogP contribution in [0.5, 0.6) is 5.75 Å². The molecular formula is C17H28ClN3O4S. The first-order chi connectivity index (χ1) is 11.6. The lowest BCUT2D eigenvalue weighted by atomic mass is 9.87. The third kappa shape index (κ3) is 4.88.